The summed E-state index contributed by atoms with van der Waals surface area (Å²) in [4.78, 5) is 21.4. The molecular formula is C13H25NO3Si. The van der Waals surface area contributed by atoms with Crippen molar-refractivity contribution in [2.75, 3.05) is 0 Å². The van der Waals surface area contributed by atoms with Crippen molar-refractivity contribution in [1.82, 2.24) is 5.32 Å². The van der Waals surface area contributed by atoms with Crippen LogP contribution in [0.4, 0.5) is 4.79 Å². The van der Waals surface area contributed by atoms with Crippen molar-refractivity contribution < 1.29 is 14.7 Å². The predicted molar refractivity (Wildman–Crippen MR) is 76.5 cm³/mol. The number of hydrogen-bond donors (Lipinski definition) is 2. The highest BCUT2D eigenvalue weighted by Gasteiger charge is 2.32. The van der Waals surface area contributed by atoms with E-state index in [1.54, 1.807) is 0 Å². The Balaban J connectivity index is 4.77. The lowest BCUT2D eigenvalue weighted by Gasteiger charge is -2.34. The number of carbonyl (C=O) groups is 2. The Morgan fingerprint density at radius 1 is 1.33 bits per heavy atom. The molecule has 104 valence electrons. The molecule has 2 N–H and O–H groups in total. The maximum absolute atomic E-state index is 10.9. The molecule has 0 spiro atoms. The van der Waals surface area contributed by atoms with Crippen molar-refractivity contribution in [3.63, 3.8) is 0 Å². The van der Waals surface area contributed by atoms with Gasteiger partial charge in [0, 0.05) is 5.92 Å². The molecule has 0 aliphatic carbocycles. The van der Waals surface area contributed by atoms with Gasteiger partial charge in [0.1, 0.15) is 6.29 Å². The summed E-state index contributed by atoms with van der Waals surface area (Å²) in [5, 5.41) is 11.1. The maximum atomic E-state index is 10.9. The van der Waals surface area contributed by atoms with Crippen LogP contribution in [0.3, 0.4) is 0 Å². The molecule has 0 unspecified atom stereocenters. The van der Waals surface area contributed by atoms with Gasteiger partial charge < -0.3 is 15.2 Å². The van der Waals surface area contributed by atoms with E-state index in [2.05, 4.69) is 44.9 Å². The molecule has 0 fully saturated rings. The van der Waals surface area contributed by atoms with E-state index >= 15 is 0 Å². The number of carboxylic acid groups (broad SMARTS) is 1. The first-order valence-corrected chi connectivity index (χ1v) is 9.23. The van der Waals surface area contributed by atoms with Crippen LogP contribution in [0.25, 0.3) is 0 Å². The first-order chi connectivity index (χ1) is 8.01. The number of rotatable bonds is 5. The number of nitrogens with one attached hydrogen (secondary N) is 1. The van der Waals surface area contributed by atoms with E-state index in [1.807, 2.05) is 13.0 Å². The summed E-state index contributed by atoms with van der Waals surface area (Å²) in [5.41, 5.74) is 2.19. The van der Waals surface area contributed by atoms with Gasteiger partial charge in [-0.1, -0.05) is 52.6 Å². The van der Waals surface area contributed by atoms with E-state index in [1.165, 1.54) is 0 Å². The van der Waals surface area contributed by atoms with Crippen LogP contribution in [0.1, 0.15) is 27.7 Å². The Bertz CT molecular complexity index is 332. The van der Waals surface area contributed by atoms with Crippen LogP contribution in [0, 0.1) is 5.92 Å². The SMILES string of the molecule is C[C@@H](/C=C/[Si](C)(C)C(C)(C)C)[C@@H](C=O)NC(=O)O. The third kappa shape index (κ3) is 5.04. The molecule has 2 atom stereocenters. The second-order valence-electron chi connectivity index (χ2n) is 6.30. The molecule has 0 radical (unpaired) electrons. The monoisotopic (exact) mass is 271 g/mol. The van der Waals surface area contributed by atoms with Gasteiger partial charge in [0.2, 0.25) is 0 Å². The van der Waals surface area contributed by atoms with E-state index in [-0.39, 0.29) is 11.0 Å². The zero-order valence-corrected chi connectivity index (χ0v) is 13.2. The largest absolute Gasteiger partial charge is 0.465 e. The van der Waals surface area contributed by atoms with Gasteiger partial charge in [-0.25, -0.2) is 4.79 Å². The predicted octanol–water partition coefficient (Wildman–Crippen LogP) is 3.06. The average molecular weight is 271 g/mol. The molecule has 0 saturated carbocycles. The molecule has 0 aliphatic heterocycles. The van der Waals surface area contributed by atoms with Crippen LogP contribution in [0.15, 0.2) is 11.8 Å². The molecule has 5 heteroatoms. The average Bonchev–Trinajstić information content (AvgIpc) is 2.20. The minimum absolute atomic E-state index is 0.132. The fraction of sp³-hybridized carbons (Fsp3) is 0.692. The smallest absolute Gasteiger partial charge is 0.405 e. The summed E-state index contributed by atoms with van der Waals surface area (Å²) in [7, 11) is -1.54. The van der Waals surface area contributed by atoms with Gasteiger partial charge in [0.15, 0.2) is 0 Å². The van der Waals surface area contributed by atoms with Crippen molar-refractivity contribution in [2.24, 2.45) is 5.92 Å². The molecule has 0 bridgehead atoms. The lowest BCUT2D eigenvalue weighted by molar-refractivity contribution is -0.110. The maximum Gasteiger partial charge on any atom is 0.405 e. The van der Waals surface area contributed by atoms with Crippen LogP contribution >= 0.6 is 0 Å². The minimum atomic E-state index is -1.54. The van der Waals surface area contributed by atoms with Crippen LogP contribution < -0.4 is 5.32 Å². The van der Waals surface area contributed by atoms with Gasteiger partial charge in [0.25, 0.3) is 0 Å². The van der Waals surface area contributed by atoms with Crippen molar-refractivity contribution in [1.29, 1.82) is 0 Å². The summed E-state index contributed by atoms with van der Waals surface area (Å²) in [6.45, 7) is 13.0. The van der Waals surface area contributed by atoms with E-state index in [0.717, 1.165) is 0 Å². The van der Waals surface area contributed by atoms with Gasteiger partial charge in [-0.3, -0.25) is 0 Å². The fourth-order valence-corrected chi connectivity index (χ4v) is 2.48. The molecular weight excluding hydrogens is 246 g/mol. The molecule has 0 aromatic carbocycles. The quantitative estimate of drug-likeness (QED) is 0.596. The van der Waals surface area contributed by atoms with Crippen LogP contribution in [0.5, 0.6) is 0 Å². The van der Waals surface area contributed by atoms with Crippen molar-refractivity contribution in [3.05, 3.63) is 11.8 Å². The molecule has 1 amide bonds. The van der Waals surface area contributed by atoms with Gasteiger partial charge in [-0.05, 0) is 5.04 Å². The number of hydrogen-bond acceptors (Lipinski definition) is 2. The third-order valence-electron chi connectivity index (χ3n) is 3.75. The van der Waals surface area contributed by atoms with Gasteiger partial charge >= 0.3 is 6.09 Å². The molecule has 4 nitrogen and oxygen atoms in total. The molecule has 0 heterocycles. The van der Waals surface area contributed by atoms with E-state index in [0.29, 0.717) is 6.29 Å². The lowest BCUT2D eigenvalue weighted by Crippen LogP contribution is -2.40. The molecule has 0 aliphatic rings. The normalized spacial score (nSPS) is 16.3. The highest BCUT2D eigenvalue weighted by atomic mass is 28.3. The topological polar surface area (TPSA) is 66.4 Å². The van der Waals surface area contributed by atoms with Crippen molar-refractivity contribution in [2.45, 2.75) is 51.9 Å². The zero-order valence-electron chi connectivity index (χ0n) is 12.2. The Morgan fingerprint density at radius 2 is 1.83 bits per heavy atom. The van der Waals surface area contributed by atoms with E-state index in [9.17, 15) is 9.59 Å². The number of carbonyl (C=O) groups excluding carboxylic acids is 1. The van der Waals surface area contributed by atoms with E-state index in [4.69, 9.17) is 5.11 Å². The second kappa shape index (κ2) is 6.18. The minimum Gasteiger partial charge on any atom is -0.465 e. The van der Waals surface area contributed by atoms with Gasteiger partial charge in [0.05, 0.1) is 14.1 Å². The molecule has 0 rings (SSSR count). The van der Waals surface area contributed by atoms with Crippen LogP contribution in [0.2, 0.25) is 18.1 Å². The molecule has 0 aromatic heterocycles. The Morgan fingerprint density at radius 3 is 2.17 bits per heavy atom. The highest BCUT2D eigenvalue weighted by molar-refractivity contribution is 6.84. The van der Waals surface area contributed by atoms with Gasteiger partial charge in [-0.15, -0.1) is 0 Å². The summed E-state index contributed by atoms with van der Waals surface area (Å²) in [5.74, 6) is -0.132. The summed E-state index contributed by atoms with van der Waals surface area (Å²) in [6, 6.07) is -0.677. The molecule has 18 heavy (non-hydrogen) atoms. The third-order valence-corrected chi connectivity index (χ3v) is 8.64. The summed E-state index contributed by atoms with van der Waals surface area (Å²) >= 11 is 0. The Kier molecular flexibility index (Phi) is 5.80. The van der Waals surface area contributed by atoms with Crippen LogP contribution in [-0.2, 0) is 4.79 Å². The molecule has 0 saturated heterocycles. The lowest BCUT2D eigenvalue weighted by atomic mass is 10.0. The number of amides is 1. The Hall–Kier alpha value is -1.10. The zero-order chi connectivity index (χ0) is 14.6. The summed E-state index contributed by atoms with van der Waals surface area (Å²) < 4.78 is 0. The van der Waals surface area contributed by atoms with Gasteiger partial charge in [-0.2, -0.15) is 0 Å². The van der Waals surface area contributed by atoms with Crippen molar-refractivity contribution in [3.8, 4) is 0 Å². The summed E-state index contributed by atoms with van der Waals surface area (Å²) in [6.07, 6.45) is 1.45. The first kappa shape index (κ1) is 16.9. The number of aldehydes is 1. The van der Waals surface area contributed by atoms with E-state index < -0.39 is 20.2 Å². The van der Waals surface area contributed by atoms with Crippen LogP contribution in [-0.4, -0.2) is 31.6 Å². The second-order valence-corrected chi connectivity index (χ2v) is 11.6. The Labute approximate surface area is 110 Å². The standard InChI is InChI=1S/C13H25NO3Si/c1-10(11(9-15)14-12(16)17)7-8-18(5,6)13(2,3)4/h7-11,14H,1-6H3,(H,16,17)/b8-7+/t10-,11+/m0/s1. The first-order valence-electron chi connectivity index (χ1n) is 6.15. The fourth-order valence-electron chi connectivity index (χ4n) is 1.19. The highest BCUT2D eigenvalue weighted by Crippen LogP contribution is 2.36. The van der Waals surface area contributed by atoms with Crippen molar-refractivity contribution >= 4 is 20.5 Å². The molecule has 0 aromatic rings.